The highest BCUT2D eigenvalue weighted by Crippen LogP contribution is 2.23. The maximum atomic E-state index is 12.4. The number of aliphatic hydroxyl groups excluding tert-OH is 1. The Bertz CT molecular complexity index is 714. The maximum Gasteiger partial charge on any atom is 0.491 e. The summed E-state index contributed by atoms with van der Waals surface area (Å²) in [5, 5.41) is 19.0. The molecule has 0 radical (unpaired) electrons. The van der Waals surface area contributed by atoms with Crippen LogP contribution in [0.3, 0.4) is 0 Å². The number of ketones is 1. The summed E-state index contributed by atoms with van der Waals surface area (Å²) in [5.74, 6) is -0.0169. The van der Waals surface area contributed by atoms with Crippen molar-refractivity contribution < 1.29 is 19.6 Å². The quantitative estimate of drug-likeness (QED) is 0.661. The minimum absolute atomic E-state index is 0.0169. The van der Waals surface area contributed by atoms with E-state index in [4.69, 9.17) is 9.76 Å². The third kappa shape index (κ3) is 2.83. The summed E-state index contributed by atoms with van der Waals surface area (Å²) in [7, 11) is -0.919. The van der Waals surface area contributed by atoms with Gasteiger partial charge in [0.15, 0.2) is 5.78 Å². The molecule has 0 spiro atoms. The van der Waals surface area contributed by atoms with Crippen LogP contribution in [-0.4, -0.2) is 23.0 Å². The van der Waals surface area contributed by atoms with Crippen LogP contribution in [0.25, 0.3) is 0 Å². The zero-order valence-corrected chi connectivity index (χ0v) is 12.3. The molecule has 2 N–H and O–H groups in total. The molecule has 0 saturated heterocycles. The second-order valence-electron chi connectivity index (χ2n) is 5.55. The highest BCUT2D eigenvalue weighted by atomic mass is 16.5. The predicted molar refractivity (Wildman–Crippen MR) is 83.9 cm³/mol. The largest absolute Gasteiger partial charge is 0.491 e. The number of carbonyl (C=O) groups is 1. The van der Waals surface area contributed by atoms with E-state index in [9.17, 15) is 9.82 Å². The monoisotopic (exact) mass is 296 g/mol. The van der Waals surface area contributed by atoms with E-state index in [-0.39, 0.29) is 24.9 Å². The van der Waals surface area contributed by atoms with Gasteiger partial charge < -0.3 is 14.8 Å². The lowest BCUT2D eigenvalue weighted by atomic mass is 9.78. The van der Waals surface area contributed by atoms with Crippen molar-refractivity contribution in [3.8, 4) is 0 Å². The maximum absolute atomic E-state index is 12.4. The van der Waals surface area contributed by atoms with Gasteiger partial charge in [-0.05, 0) is 35.1 Å². The highest BCUT2D eigenvalue weighted by Gasteiger charge is 2.32. The van der Waals surface area contributed by atoms with Crippen molar-refractivity contribution >= 4 is 18.4 Å². The molecule has 2 aromatic carbocycles. The Labute approximate surface area is 129 Å². The Hall–Kier alpha value is -1.95. The molecule has 0 aromatic heterocycles. The molecule has 0 aliphatic carbocycles. The molecule has 1 aliphatic heterocycles. The van der Waals surface area contributed by atoms with Gasteiger partial charge in [0.1, 0.15) is 0 Å². The van der Waals surface area contributed by atoms with Gasteiger partial charge in [-0.15, -0.1) is 0 Å². The number of fused-ring (bicyclic) bond motifs is 1. The fourth-order valence-electron chi connectivity index (χ4n) is 2.79. The summed E-state index contributed by atoms with van der Waals surface area (Å²) in [6, 6.07) is 12.6. The van der Waals surface area contributed by atoms with Crippen LogP contribution in [0, 0.1) is 0 Å². The Morgan fingerprint density at radius 3 is 2.82 bits per heavy atom. The Balaban J connectivity index is 1.81. The first kappa shape index (κ1) is 15.0. The zero-order chi connectivity index (χ0) is 15.7. The highest BCUT2D eigenvalue weighted by molar-refractivity contribution is 6.61. The second kappa shape index (κ2) is 6.05. The Morgan fingerprint density at radius 2 is 2.05 bits per heavy atom. The first-order valence-electron chi connectivity index (χ1n) is 7.27. The lowest BCUT2D eigenvalue weighted by Gasteiger charge is -2.07. The minimum atomic E-state index is -0.919. The third-order valence-electron chi connectivity index (χ3n) is 3.98. The van der Waals surface area contributed by atoms with Gasteiger partial charge in [-0.1, -0.05) is 36.4 Å². The van der Waals surface area contributed by atoms with Crippen molar-refractivity contribution in [3.05, 3.63) is 64.7 Å². The van der Waals surface area contributed by atoms with Crippen LogP contribution in [0.1, 0.15) is 40.1 Å². The molecule has 0 fully saturated rings. The van der Waals surface area contributed by atoms with E-state index in [0.717, 1.165) is 22.2 Å². The molecule has 1 aliphatic rings. The molecule has 0 saturated carbocycles. The SMILES string of the molecule is CC1OB(O)c2cc(CC(=O)c3cccc(CO)c3)ccc21. The van der Waals surface area contributed by atoms with E-state index in [2.05, 4.69) is 0 Å². The predicted octanol–water partition coefficient (Wildman–Crippen LogP) is 1.38. The van der Waals surface area contributed by atoms with Gasteiger partial charge in [0.25, 0.3) is 0 Å². The molecule has 1 heterocycles. The molecule has 0 amide bonds. The molecule has 1 unspecified atom stereocenters. The fourth-order valence-corrected chi connectivity index (χ4v) is 2.79. The molecule has 3 rings (SSSR count). The summed E-state index contributed by atoms with van der Waals surface area (Å²) in [4.78, 5) is 12.4. The van der Waals surface area contributed by atoms with Crippen LogP contribution in [0.15, 0.2) is 42.5 Å². The van der Waals surface area contributed by atoms with Gasteiger partial charge in [0.2, 0.25) is 0 Å². The molecule has 2 aromatic rings. The van der Waals surface area contributed by atoms with E-state index in [1.807, 2.05) is 25.1 Å². The summed E-state index contributed by atoms with van der Waals surface area (Å²) < 4.78 is 5.35. The fraction of sp³-hybridized carbons (Fsp3) is 0.235. The van der Waals surface area contributed by atoms with Gasteiger partial charge in [-0.3, -0.25) is 4.79 Å². The first-order chi connectivity index (χ1) is 10.6. The van der Waals surface area contributed by atoms with E-state index < -0.39 is 7.12 Å². The number of carbonyl (C=O) groups excluding carboxylic acids is 1. The standard InChI is InChI=1S/C17H17BO4/c1-11-15-6-5-12(8-16(15)18(21)22-11)9-17(20)14-4-2-3-13(7-14)10-19/h2-8,11,19,21H,9-10H2,1H3. The minimum Gasteiger partial charge on any atom is -0.423 e. The van der Waals surface area contributed by atoms with Crippen molar-refractivity contribution in [2.24, 2.45) is 0 Å². The summed E-state index contributed by atoms with van der Waals surface area (Å²) in [5.41, 5.74) is 3.84. The van der Waals surface area contributed by atoms with Gasteiger partial charge in [0.05, 0.1) is 12.7 Å². The van der Waals surface area contributed by atoms with Crippen LogP contribution in [0.5, 0.6) is 0 Å². The normalized spacial score (nSPS) is 16.7. The number of aliphatic hydroxyl groups is 1. The molecular formula is C17H17BO4. The molecule has 0 bridgehead atoms. The van der Waals surface area contributed by atoms with E-state index in [1.165, 1.54) is 0 Å². The molecule has 1 atom stereocenters. The Kier molecular flexibility index (Phi) is 4.11. The van der Waals surface area contributed by atoms with Crippen molar-refractivity contribution in [2.75, 3.05) is 0 Å². The lowest BCUT2D eigenvalue weighted by Crippen LogP contribution is -2.28. The zero-order valence-electron chi connectivity index (χ0n) is 12.3. The van der Waals surface area contributed by atoms with Gasteiger partial charge in [-0.25, -0.2) is 0 Å². The average Bonchev–Trinajstić information content (AvgIpc) is 2.81. The number of hydrogen-bond donors (Lipinski definition) is 2. The van der Waals surface area contributed by atoms with Crippen LogP contribution in [0.4, 0.5) is 0 Å². The van der Waals surface area contributed by atoms with Crippen molar-refractivity contribution in [1.82, 2.24) is 0 Å². The summed E-state index contributed by atoms with van der Waals surface area (Å²) in [6.07, 6.45) is 0.125. The smallest absolute Gasteiger partial charge is 0.423 e. The van der Waals surface area contributed by atoms with Gasteiger partial charge in [0, 0.05) is 12.0 Å². The Morgan fingerprint density at radius 1 is 1.23 bits per heavy atom. The molecular weight excluding hydrogens is 279 g/mol. The number of benzene rings is 2. The second-order valence-corrected chi connectivity index (χ2v) is 5.55. The lowest BCUT2D eigenvalue weighted by molar-refractivity contribution is 0.0993. The molecule has 112 valence electrons. The summed E-state index contributed by atoms with van der Waals surface area (Å²) in [6.45, 7) is 1.81. The number of hydrogen-bond acceptors (Lipinski definition) is 4. The number of Topliss-reactive ketones (excluding diaryl/α,β-unsaturated/α-hetero) is 1. The molecule has 22 heavy (non-hydrogen) atoms. The van der Waals surface area contributed by atoms with Gasteiger partial charge in [-0.2, -0.15) is 0 Å². The average molecular weight is 296 g/mol. The first-order valence-corrected chi connectivity index (χ1v) is 7.27. The van der Waals surface area contributed by atoms with Crippen LogP contribution in [0.2, 0.25) is 0 Å². The van der Waals surface area contributed by atoms with Crippen LogP contribution in [-0.2, 0) is 17.7 Å². The number of rotatable bonds is 4. The van der Waals surface area contributed by atoms with Crippen molar-refractivity contribution in [2.45, 2.75) is 26.1 Å². The topological polar surface area (TPSA) is 66.8 Å². The van der Waals surface area contributed by atoms with E-state index in [0.29, 0.717) is 5.56 Å². The van der Waals surface area contributed by atoms with E-state index in [1.54, 1.807) is 24.3 Å². The van der Waals surface area contributed by atoms with Gasteiger partial charge >= 0.3 is 7.12 Å². The van der Waals surface area contributed by atoms with E-state index >= 15 is 0 Å². The molecule has 5 heteroatoms. The van der Waals surface area contributed by atoms with Crippen LogP contribution < -0.4 is 5.46 Å². The summed E-state index contributed by atoms with van der Waals surface area (Å²) >= 11 is 0. The van der Waals surface area contributed by atoms with Crippen molar-refractivity contribution in [1.29, 1.82) is 0 Å². The van der Waals surface area contributed by atoms with Crippen molar-refractivity contribution in [3.63, 3.8) is 0 Å². The molecule has 4 nitrogen and oxygen atoms in total. The van der Waals surface area contributed by atoms with Crippen LogP contribution >= 0.6 is 0 Å². The third-order valence-corrected chi connectivity index (χ3v) is 3.98.